The van der Waals surface area contributed by atoms with Gasteiger partial charge in [0.2, 0.25) is 6.29 Å². The highest BCUT2D eigenvalue weighted by Gasteiger charge is 2.70. The van der Waals surface area contributed by atoms with Crippen molar-refractivity contribution in [1.82, 2.24) is 0 Å². The second-order valence-corrected chi connectivity index (χ2v) is 9.25. The lowest BCUT2D eigenvalue weighted by Crippen LogP contribution is -2.45. The molecule has 0 radical (unpaired) electrons. The first-order valence-electron chi connectivity index (χ1n) is 10.6. The zero-order valence-electron chi connectivity index (χ0n) is 18.3. The van der Waals surface area contributed by atoms with E-state index in [-0.39, 0.29) is 48.6 Å². The topological polar surface area (TPSA) is 101 Å². The molecule has 30 heavy (non-hydrogen) atoms. The van der Waals surface area contributed by atoms with Crippen molar-refractivity contribution in [3.8, 4) is 0 Å². The van der Waals surface area contributed by atoms with Crippen molar-refractivity contribution in [3.05, 3.63) is 11.8 Å². The highest BCUT2D eigenvalue weighted by Crippen LogP contribution is 2.57. The first-order valence-corrected chi connectivity index (χ1v) is 10.6. The standard InChI is InChI=1S/C22H32O8/c1-12(2)6-18(24)26-9-15-10-27-21(30-19(25)7-13(3)4)20-16(15)8-17(29-14(5)23)22(20)11-28-22/h10,12-13,16-17,20-21H,6-9,11H2,1-5H3/t16-,17+,20-,21-,22-/m0/s1. The van der Waals surface area contributed by atoms with Gasteiger partial charge >= 0.3 is 17.9 Å². The van der Waals surface area contributed by atoms with E-state index in [0.717, 1.165) is 5.57 Å². The van der Waals surface area contributed by atoms with Gasteiger partial charge in [0.25, 0.3) is 0 Å². The third-order valence-corrected chi connectivity index (χ3v) is 5.72. The Balaban J connectivity index is 1.77. The van der Waals surface area contributed by atoms with Gasteiger partial charge in [0.1, 0.15) is 18.3 Å². The van der Waals surface area contributed by atoms with E-state index in [2.05, 4.69) is 0 Å². The summed E-state index contributed by atoms with van der Waals surface area (Å²) in [5.41, 5.74) is 0.0402. The number of rotatable bonds is 8. The van der Waals surface area contributed by atoms with Gasteiger partial charge in [-0.15, -0.1) is 0 Å². The Morgan fingerprint density at radius 3 is 2.30 bits per heavy atom. The molecule has 3 rings (SSSR count). The summed E-state index contributed by atoms with van der Waals surface area (Å²) in [6.07, 6.45) is 1.33. The Bertz CT molecular complexity index is 706. The third-order valence-electron chi connectivity index (χ3n) is 5.72. The Hall–Kier alpha value is -2.09. The minimum Gasteiger partial charge on any atom is -0.462 e. The lowest BCUT2D eigenvalue weighted by molar-refractivity contribution is -0.192. The fourth-order valence-corrected chi connectivity index (χ4v) is 4.38. The molecule has 1 saturated carbocycles. The zero-order chi connectivity index (χ0) is 22.1. The number of carbonyl (C=O) groups is 3. The molecule has 0 bridgehead atoms. The maximum Gasteiger partial charge on any atom is 0.309 e. The minimum absolute atomic E-state index is 0.0856. The van der Waals surface area contributed by atoms with Crippen LogP contribution in [-0.2, 0) is 38.1 Å². The smallest absolute Gasteiger partial charge is 0.309 e. The molecule has 1 spiro atoms. The number of epoxide rings is 1. The van der Waals surface area contributed by atoms with Crippen LogP contribution in [0.2, 0.25) is 0 Å². The summed E-state index contributed by atoms with van der Waals surface area (Å²) in [5.74, 6) is -1.13. The lowest BCUT2D eigenvalue weighted by Gasteiger charge is -2.35. The Kier molecular flexibility index (Phi) is 6.75. The molecule has 2 aliphatic heterocycles. The molecule has 5 atom stereocenters. The van der Waals surface area contributed by atoms with E-state index in [1.54, 1.807) is 0 Å². The molecule has 0 aromatic rings. The zero-order valence-corrected chi connectivity index (χ0v) is 18.3. The molecule has 8 heteroatoms. The second-order valence-electron chi connectivity index (χ2n) is 9.25. The normalized spacial score (nSPS) is 31.8. The largest absolute Gasteiger partial charge is 0.462 e. The number of hydrogen-bond donors (Lipinski definition) is 0. The second kappa shape index (κ2) is 8.96. The molecule has 0 aromatic carbocycles. The van der Waals surface area contributed by atoms with Crippen molar-refractivity contribution in [3.63, 3.8) is 0 Å². The van der Waals surface area contributed by atoms with E-state index in [0.29, 0.717) is 19.4 Å². The van der Waals surface area contributed by atoms with Gasteiger partial charge in [0.05, 0.1) is 18.8 Å². The molecule has 0 amide bonds. The SMILES string of the molecule is CC(=O)O[C@@H]1C[C@H]2C(COC(=O)CC(C)C)=CO[C@@H](OC(=O)CC(C)C)[C@H]2[C@]12CO2. The Labute approximate surface area is 177 Å². The van der Waals surface area contributed by atoms with Crippen molar-refractivity contribution in [1.29, 1.82) is 0 Å². The Morgan fingerprint density at radius 1 is 1.10 bits per heavy atom. The maximum atomic E-state index is 12.3. The summed E-state index contributed by atoms with van der Waals surface area (Å²) in [4.78, 5) is 35.9. The van der Waals surface area contributed by atoms with E-state index in [9.17, 15) is 14.4 Å². The molecule has 1 aliphatic carbocycles. The summed E-state index contributed by atoms with van der Waals surface area (Å²) in [6.45, 7) is 9.62. The van der Waals surface area contributed by atoms with Gasteiger partial charge in [-0.25, -0.2) is 0 Å². The highest BCUT2D eigenvalue weighted by molar-refractivity contribution is 5.70. The number of esters is 3. The molecule has 0 N–H and O–H groups in total. The number of ether oxygens (including phenoxy) is 5. The monoisotopic (exact) mass is 424 g/mol. The van der Waals surface area contributed by atoms with Gasteiger partial charge in [-0.1, -0.05) is 27.7 Å². The maximum absolute atomic E-state index is 12.3. The summed E-state index contributed by atoms with van der Waals surface area (Å²) in [7, 11) is 0. The summed E-state index contributed by atoms with van der Waals surface area (Å²) < 4.78 is 28.2. The number of carbonyl (C=O) groups excluding carboxylic acids is 3. The van der Waals surface area contributed by atoms with E-state index in [1.807, 2.05) is 27.7 Å². The molecular formula is C22H32O8. The lowest BCUT2D eigenvalue weighted by atomic mass is 9.83. The fraction of sp³-hybridized carbons (Fsp3) is 0.773. The molecule has 8 nitrogen and oxygen atoms in total. The van der Waals surface area contributed by atoms with E-state index < -0.39 is 24.0 Å². The third kappa shape index (κ3) is 4.96. The first-order chi connectivity index (χ1) is 14.1. The molecule has 3 aliphatic rings. The van der Waals surface area contributed by atoms with E-state index in [1.165, 1.54) is 13.2 Å². The van der Waals surface area contributed by atoms with Crippen molar-refractivity contribution in [2.75, 3.05) is 13.2 Å². The summed E-state index contributed by atoms with van der Waals surface area (Å²) >= 11 is 0. The van der Waals surface area contributed by atoms with Crippen molar-refractivity contribution in [2.24, 2.45) is 23.7 Å². The average Bonchev–Trinajstić information content (AvgIpc) is 3.33. The van der Waals surface area contributed by atoms with Crippen molar-refractivity contribution in [2.45, 2.75) is 71.9 Å². The van der Waals surface area contributed by atoms with Gasteiger partial charge in [0, 0.05) is 31.3 Å². The van der Waals surface area contributed by atoms with Gasteiger partial charge in [0.15, 0.2) is 0 Å². The molecule has 0 unspecified atom stereocenters. The van der Waals surface area contributed by atoms with Crippen molar-refractivity contribution >= 4 is 17.9 Å². The molecular weight excluding hydrogens is 392 g/mol. The van der Waals surface area contributed by atoms with Gasteiger partial charge in [-0.3, -0.25) is 14.4 Å². The molecule has 2 heterocycles. The predicted molar refractivity (Wildman–Crippen MR) is 105 cm³/mol. The fourth-order valence-electron chi connectivity index (χ4n) is 4.38. The molecule has 2 fully saturated rings. The van der Waals surface area contributed by atoms with Crippen LogP contribution in [0.1, 0.15) is 53.9 Å². The van der Waals surface area contributed by atoms with Crippen LogP contribution in [0.4, 0.5) is 0 Å². The van der Waals surface area contributed by atoms with Crippen LogP contribution >= 0.6 is 0 Å². The van der Waals surface area contributed by atoms with Crippen LogP contribution in [0, 0.1) is 23.7 Å². The number of hydrogen-bond acceptors (Lipinski definition) is 8. The van der Waals surface area contributed by atoms with Gasteiger partial charge in [-0.2, -0.15) is 0 Å². The number of fused-ring (bicyclic) bond motifs is 2. The minimum atomic E-state index is -0.834. The molecule has 1 saturated heterocycles. The quantitative estimate of drug-likeness (QED) is 0.333. The summed E-state index contributed by atoms with van der Waals surface area (Å²) in [5, 5.41) is 0. The average molecular weight is 424 g/mol. The Morgan fingerprint density at radius 2 is 1.73 bits per heavy atom. The van der Waals surface area contributed by atoms with Gasteiger partial charge < -0.3 is 23.7 Å². The van der Waals surface area contributed by atoms with Crippen molar-refractivity contribution < 1.29 is 38.1 Å². The van der Waals surface area contributed by atoms with Crippen LogP contribution in [0.25, 0.3) is 0 Å². The van der Waals surface area contributed by atoms with Crippen LogP contribution in [0.5, 0.6) is 0 Å². The van der Waals surface area contributed by atoms with Gasteiger partial charge in [-0.05, 0) is 18.3 Å². The highest BCUT2D eigenvalue weighted by atomic mass is 16.7. The van der Waals surface area contributed by atoms with Crippen LogP contribution < -0.4 is 0 Å². The first kappa shape index (κ1) is 22.6. The molecule has 0 aromatic heterocycles. The molecule has 168 valence electrons. The van der Waals surface area contributed by atoms with Crippen LogP contribution in [0.15, 0.2) is 11.8 Å². The predicted octanol–water partition coefficient (Wildman–Crippen LogP) is 2.74. The van der Waals surface area contributed by atoms with E-state index in [4.69, 9.17) is 23.7 Å². The van der Waals surface area contributed by atoms with E-state index >= 15 is 0 Å². The van der Waals surface area contributed by atoms with Crippen LogP contribution in [0.3, 0.4) is 0 Å². The summed E-state index contributed by atoms with van der Waals surface area (Å²) in [6, 6.07) is 0. The van der Waals surface area contributed by atoms with Crippen LogP contribution in [-0.4, -0.2) is 49.1 Å².